The van der Waals surface area contributed by atoms with Crippen molar-refractivity contribution < 1.29 is 4.39 Å². The van der Waals surface area contributed by atoms with Crippen molar-refractivity contribution in [3.63, 3.8) is 0 Å². The summed E-state index contributed by atoms with van der Waals surface area (Å²) in [6, 6.07) is 5.51. The van der Waals surface area contributed by atoms with Gasteiger partial charge >= 0.3 is 0 Å². The molecule has 3 unspecified atom stereocenters. The normalized spacial score (nSPS) is 25.4. The Morgan fingerprint density at radius 1 is 1.45 bits per heavy atom. The van der Waals surface area contributed by atoms with Crippen molar-refractivity contribution in [3.8, 4) is 0 Å². The second-order valence-electron chi connectivity index (χ2n) is 5.86. The zero-order valence-corrected chi connectivity index (χ0v) is 13.1. The van der Waals surface area contributed by atoms with Gasteiger partial charge in [0, 0.05) is 31.2 Å². The Hall–Kier alpha value is -0.680. The molecule has 1 aromatic carbocycles. The quantitative estimate of drug-likeness (QED) is 0.926. The number of nitrogens with zero attached hydrogens (tertiary/aromatic N) is 2. The molecule has 0 bridgehead atoms. The van der Waals surface area contributed by atoms with Gasteiger partial charge in [0.1, 0.15) is 5.82 Å². The first-order valence-electron chi connectivity index (χ1n) is 7.00. The fourth-order valence-electron chi connectivity index (χ4n) is 3.16. The van der Waals surface area contributed by atoms with Crippen LogP contribution in [0, 0.1) is 11.7 Å². The first-order chi connectivity index (χ1) is 9.45. The molecular weight excluding hydrogens is 277 g/mol. The Morgan fingerprint density at radius 2 is 2.15 bits per heavy atom. The van der Waals surface area contributed by atoms with Crippen LogP contribution in [0.2, 0.25) is 5.02 Å². The minimum Gasteiger partial charge on any atom is -0.329 e. The van der Waals surface area contributed by atoms with Crippen molar-refractivity contribution in [3.05, 3.63) is 34.6 Å². The summed E-state index contributed by atoms with van der Waals surface area (Å²) in [4.78, 5) is 4.50. The maximum Gasteiger partial charge on any atom is 0.146 e. The van der Waals surface area contributed by atoms with Crippen LogP contribution in [0.15, 0.2) is 18.2 Å². The first-order valence-corrected chi connectivity index (χ1v) is 7.38. The third-order valence-corrected chi connectivity index (χ3v) is 4.56. The molecule has 2 rings (SSSR count). The zero-order chi connectivity index (χ0) is 14.9. The van der Waals surface area contributed by atoms with E-state index in [4.69, 9.17) is 17.3 Å². The third kappa shape index (κ3) is 2.98. The molecule has 1 saturated heterocycles. The van der Waals surface area contributed by atoms with Crippen molar-refractivity contribution in [2.45, 2.75) is 19.0 Å². The Balaban J connectivity index is 2.23. The van der Waals surface area contributed by atoms with Crippen molar-refractivity contribution >= 4 is 11.6 Å². The highest BCUT2D eigenvalue weighted by atomic mass is 35.5. The molecule has 0 aromatic heterocycles. The number of likely N-dealkylation sites (N-methyl/N-ethyl adjacent to an activating group) is 1. The number of halogens is 2. The summed E-state index contributed by atoms with van der Waals surface area (Å²) in [5.74, 6) is 0.201. The molecule has 0 radical (unpaired) electrons. The summed E-state index contributed by atoms with van der Waals surface area (Å²) in [5.41, 5.74) is 6.51. The molecule has 1 aliphatic heterocycles. The van der Waals surface area contributed by atoms with E-state index in [2.05, 4.69) is 30.8 Å². The van der Waals surface area contributed by atoms with E-state index in [9.17, 15) is 4.39 Å². The van der Waals surface area contributed by atoms with E-state index in [1.54, 1.807) is 18.2 Å². The largest absolute Gasteiger partial charge is 0.329 e. The monoisotopic (exact) mass is 299 g/mol. The number of hydrogen-bond donors (Lipinski definition) is 1. The molecule has 0 aliphatic carbocycles. The van der Waals surface area contributed by atoms with Gasteiger partial charge in [0.15, 0.2) is 0 Å². The number of likely N-dealkylation sites (tertiary alicyclic amines) is 1. The van der Waals surface area contributed by atoms with Crippen LogP contribution in [0.4, 0.5) is 4.39 Å². The highest BCUT2D eigenvalue weighted by molar-refractivity contribution is 6.30. The maximum atomic E-state index is 14.2. The van der Waals surface area contributed by atoms with Crippen molar-refractivity contribution in [2.75, 3.05) is 33.7 Å². The maximum absolute atomic E-state index is 14.2. The van der Waals surface area contributed by atoms with E-state index in [0.29, 0.717) is 24.1 Å². The number of hydrogen-bond acceptors (Lipinski definition) is 3. The van der Waals surface area contributed by atoms with Crippen molar-refractivity contribution in [2.24, 2.45) is 11.7 Å². The van der Waals surface area contributed by atoms with Crippen LogP contribution in [-0.4, -0.2) is 49.6 Å². The standard InChI is InChI=1S/C15H23ClFN3/c1-10-8-20(9-14(10)19(2)3)13(7-18)11-5-4-6-12(16)15(11)17/h4-6,10,13-14H,7-9,18H2,1-3H3. The van der Waals surface area contributed by atoms with E-state index >= 15 is 0 Å². The first kappa shape index (κ1) is 15.7. The number of benzene rings is 1. The minimum atomic E-state index is -0.342. The molecule has 2 N–H and O–H groups in total. The fourth-order valence-corrected chi connectivity index (χ4v) is 3.35. The van der Waals surface area contributed by atoms with Gasteiger partial charge in [-0.3, -0.25) is 4.90 Å². The van der Waals surface area contributed by atoms with Crippen LogP contribution in [0.5, 0.6) is 0 Å². The molecule has 1 aliphatic rings. The molecule has 5 heteroatoms. The predicted octanol–water partition coefficient (Wildman–Crippen LogP) is 2.36. The Labute approximate surface area is 125 Å². The Bertz CT molecular complexity index is 466. The van der Waals surface area contributed by atoms with E-state index in [-0.39, 0.29) is 16.9 Å². The van der Waals surface area contributed by atoms with E-state index in [1.165, 1.54) is 0 Å². The lowest BCUT2D eigenvalue weighted by molar-refractivity contribution is 0.216. The smallest absolute Gasteiger partial charge is 0.146 e. The summed E-state index contributed by atoms with van der Waals surface area (Å²) < 4.78 is 14.2. The van der Waals surface area contributed by atoms with Gasteiger partial charge in [-0.1, -0.05) is 30.7 Å². The van der Waals surface area contributed by atoms with Gasteiger partial charge in [0.2, 0.25) is 0 Å². The van der Waals surface area contributed by atoms with Gasteiger partial charge in [-0.2, -0.15) is 0 Å². The fraction of sp³-hybridized carbons (Fsp3) is 0.600. The van der Waals surface area contributed by atoms with Crippen LogP contribution in [-0.2, 0) is 0 Å². The lowest BCUT2D eigenvalue weighted by Crippen LogP contribution is -2.37. The molecule has 1 heterocycles. The summed E-state index contributed by atoms with van der Waals surface area (Å²) >= 11 is 5.89. The Morgan fingerprint density at radius 3 is 2.70 bits per heavy atom. The second-order valence-corrected chi connectivity index (χ2v) is 6.26. The van der Waals surface area contributed by atoms with Gasteiger partial charge in [0.05, 0.1) is 11.1 Å². The average Bonchev–Trinajstić information content (AvgIpc) is 2.77. The van der Waals surface area contributed by atoms with Crippen molar-refractivity contribution in [1.29, 1.82) is 0 Å². The topological polar surface area (TPSA) is 32.5 Å². The van der Waals surface area contributed by atoms with Crippen molar-refractivity contribution in [1.82, 2.24) is 9.80 Å². The molecule has 3 nitrogen and oxygen atoms in total. The second kappa shape index (κ2) is 6.39. The molecule has 1 fully saturated rings. The zero-order valence-electron chi connectivity index (χ0n) is 12.3. The highest BCUT2D eigenvalue weighted by Gasteiger charge is 2.35. The molecule has 0 saturated carbocycles. The molecule has 0 amide bonds. The molecule has 1 aromatic rings. The van der Waals surface area contributed by atoms with E-state index < -0.39 is 0 Å². The van der Waals surface area contributed by atoms with Gasteiger partial charge in [-0.15, -0.1) is 0 Å². The Kier molecular flexibility index (Phi) is 5.02. The van der Waals surface area contributed by atoms with Gasteiger partial charge in [-0.25, -0.2) is 4.39 Å². The summed E-state index contributed by atoms with van der Waals surface area (Å²) in [6.45, 7) is 4.45. The van der Waals surface area contributed by atoms with Crippen LogP contribution in [0.3, 0.4) is 0 Å². The molecule has 20 heavy (non-hydrogen) atoms. The van der Waals surface area contributed by atoms with Gasteiger partial charge in [-0.05, 0) is 26.1 Å². The highest BCUT2D eigenvalue weighted by Crippen LogP contribution is 2.31. The summed E-state index contributed by atoms with van der Waals surface area (Å²) in [6.07, 6.45) is 0. The van der Waals surface area contributed by atoms with E-state index in [1.807, 2.05) is 0 Å². The van der Waals surface area contributed by atoms with Crippen LogP contribution in [0.25, 0.3) is 0 Å². The molecule has 112 valence electrons. The minimum absolute atomic E-state index is 0.110. The average molecular weight is 300 g/mol. The van der Waals surface area contributed by atoms with Crippen LogP contribution >= 0.6 is 11.6 Å². The molecular formula is C15H23ClFN3. The lowest BCUT2D eigenvalue weighted by atomic mass is 10.0. The summed E-state index contributed by atoms with van der Waals surface area (Å²) in [5, 5.41) is 0.164. The van der Waals surface area contributed by atoms with Crippen LogP contribution in [0.1, 0.15) is 18.5 Å². The third-order valence-electron chi connectivity index (χ3n) is 4.27. The van der Waals surface area contributed by atoms with E-state index in [0.717, 1.165) is 13.1 Å². The predicted molar refractivity (Wildman–Crippen MR) is 81.4 cm³/mol. The van der Waals surface area contributed by atoms with Crippen LogP contribution < -0.4 is 5.73 Å². The lowest BCUT2D eigenvalue weighted by Gasteiger charge is -2.28. The molecule has 0 spiro atoms. The van der Waals surface area contributed by atoms with Gasteiger partial charge < -0.3 is 10.6 Å². The number of nitrogens with two attached hydrogens (primary N) is 1. The van der Waals surface area contributed by atoms with Gasteiger partial charge in [0.25, 0.3) is 0 Å². The summed E-state index contributed by atoms with van der Waals surface area (Å²) in [7, 11) is 4.17. The molecule has 3 atom stereocenters. The number of rotatable bonds is 4. The SMILES string of the molecule is CC1CN(C(CN)c2cccc(Cl)c2F)CC1N(C)C.